The van der Waals surface area contributed by atoms with Crippen molar-refractivity contribution >= 4 is 5.69 Å². The van der Waals surface area contributed by atoms with Crippen molar-refractivity contribution in [3.05, 3.63) is 59.2 Å². The summed E-state index contributed by atoms with van der Waals surface area (Å²) in [6, 6.07) is 15.0. The van der Waals surface area contributed by atoms with E-state index in [0.717, 1.165) is 24.5 Å². The van der Waals surface area contributed by atoms with Gasteiger partial charge in [0.2, 0.25) is 0 Å². The number of nitrogens with zero attached hydrogens (tertiary/aromatic N) is 1. The number of anilines is 1. The molecule has 3 nitrogen and oxygen atoms in total. The number of hydrogen-bond donors (Lipinski definition) is 1. The number of methoxy groups -OCH3 is 1. The van der Waals surface area contributed by atoms with Crippen LogP contribution in [0, 0.1) is 6.92 Å². The van der Waals surface area contributed by atoms with Crippen LogP contribution in [0.3, 0.4) is 0 Å². The highest BCUT2D eigenvalue weighted by Gasteiger charge is 2.06. The van der Waals surface area contributed by atoms with Crippen LogP contribution in [0.2, 0.25) is 0 Å². The summed E-state index contributed by atoms with van der Waals surface area (Å²) in [5.41, 5.74) is 4.92. The molecule has 0 spiro atoms. The Morgan fingerprint density at radius 3 is 2.19 bits per heavy atom. The summed E-state index contributed by atoms with van der Waals surface area (Å²) in [6.45, 7) is 3.81. The Morgan fingerprint density at radius 2 is 1.57 bits per heavy atom. The maximum Gasteiger partial charge on any atom is 0.142 e. The van der Waals surface area contributed by atoms with E-state index in [9.17, 15) is 0 Å². The lowest BCUT2D eigenvalue weighted by Gasteiger charge is -2.17. The van der Waals surface area contributed by atoms with Crippen LogP contribution < -0.4 is 15.0 Å². The van der Waals surface area contributed by atoms with E-state index in [1.54, 1.807) is 7.11 Å². The van der Waals surface area contributed by atoms with Crippen molar-refractivity contribution in [2.24, 2.45) is 0 Å². The zero-order valence-electron chi connectivity index (χ0n) is 13.3. The summed E-state index contributed by atoms with van der Waals surface area (Å²) in [6.07, 6.45) is 0. The SMILES string of the molecule is COc1cc(CNCc2ccc(C)cc2)ccc1N(C)C. The summed E-state index contributed by atoms with van der Waals surface area (Å²) < 4.78 is 5.46. The van der Waals surface area contributed by atoms with Gasteiger partial charge in [-0.1, -0.05) is 35.9 Å². The van der Waals surface area contributed by atoms with Gasteiger partial charge in [-0.05, 0) is 30.2 Å². The van der Waals surface area contributed by atoms with Gasteiger partial charge in [-0.15, -0.1) is 0 Å². The van der Waals surface area contributed by atoms with Crippen LogP contribution in [0.4, 0.5) is 5.69 Å². The number of aryl methyl sites for hydroxylation is 1. The summed E-state index contributed by atoms with van der Waals surface area (Å²) in [5.74, 6) is 0.912. The van der Waals surface area contributed by atoms with Crippen LogP contribution in [-0.4, -0.2) is 21.2 Å². The smallest absolute Gasteiger partial charge is 0.142 e. The third kappa shape index (κ3) is 4.23. The molecule has 0 saturated carbocycles. The van der Waals surface area contributed by atoms with Gasteiger partial charge in [-0.25, -0.2) is 0 Å². The van der Waals surface area contributed by atoms with Gasteiger partial charge in [0.1, 0.15) is 5.75 Å². The lowest BCUT2D eigenvalue weighted by Crippen LogP contribution is -2.14. The molecule has 0 fully saturated rings. The fourth-order valence-electron chi connectivity index (χ4n) is 2.26. The molecule has 3 heteroatoms. The lowest BCUT2D eigenvalue weighted by molar-refractivity contribution is 0.414. The number of rotatable bonds is 6. The Balaban J connectivity index is 1.95. The third-order valence-corrected chi connectivity index (χ3v) is 3.50. The fourth-order valence-corrected chi connectivity index (χ4v) is 2.26. The fraction of sp³-hybridized carbons (Fsp3) is 0.333. The lowest BCUT2D eigenvalue weighted by atomic mass is 10.1. The monoisotopic (exact) mass is 284 g/mol. The van der Waals surface area contributed by atoms with Crippen molar-refractivity contribution in [2.75, 3.05) is 26.1 Å². The molecule has 0 aliphatic heterocycles. The van der Waals surface area contributed by atoms with E-state index < -0.39 is 0 Å². The van der Waals surface area contributed by atoms with Crippen LogP contribution in [0.5, 0.6) is 5.75 Å². The Hall–Kier alpha value is -2.00. The van der Waals surface area contributed by atoms with Gasteiger partial charge in [-0.2, -0.15) is 0 Å². The molecule has 0 aromatic heterocycles. The van der Waals surface area contributed by atoms with E-state index in [-0.39, 0.29) is 0 Å². The standard InChI is InChI=1S/C18H24N2O/c1-14-5-7-15(8-6-14)12-19-13-16-9-10-17(20(2)3)18(11-16)21-4/h5-11,19H,12-13H2,1-4H3. The molecule has 0 heterocycles. The van der Waals surface area contributed by atoms with Gasteiger partial charge in [0.15, 0.2) is 0 Å². The second-order valence-electron chi connectivity index (χ2n) is 5.49. The zero-order valence-corrected chi connectivity index (χ0v) is 13.3. The van der Waals surface area contributed by atoms with Gasteiger partial charge in [-0.3, -0.25) is 0 Å². The highest BCUT2D eigenvalue weighted by Crippen LogP contribution is 2.27. The van der Waals surface area contributed by atoms with E-state index in [1.165, 1.54) is 16.7 Å². The van der Waals surface area contributed by atoms with Crippen molar-refractivity contribution in [3.63, 3.8) is 0 Å². The molecule has 0 bridgehead atoms. The first-order valence-electron chi connectivity index (χ1n) is 7.20. The minimum atomic E-state index is 0.831. The molecule has 2 aromatic rings. The summed E-state index contributed by atoms with van der Waals surface area (Å²) in [7, 11) is 5.76. The van der Waals surface area contributed by atoms with Crippen molar-refractivity contribution < 1.29 is 4.74 Å². The van der Waals surface area contributed by atoms with Crippen molar-refractivity contribution in [2.45, 2.75) is 20.0 Å². The number of hydrogen-bond acceptors (Lipinski definition) is 3. The van der Waals surface area contributed by atoms with Crippen LogP contribution in [0.15, 0.2) is 42.5 Å². The molecule has 21 heavy (non-hydrogen) atoms. The highest BCUT2D eigenvalue weighted by molar-refractivity contribution is 5.58. The minimum absolute atomic E-state index is 0.831. The molecule has 0 unspecified atom stereocenters. The zero-order chi connectivity index (χ0) is 15.2. The van der Waals surface area contributed by atoms with E-state index in [1.807, 2.05) is 14.1 Å². The highest BCUT2D eigenvalue weighted by atomic mass is 16.5. The maximum atomic E-state index is 5.46. The summed E-state index contributed by atoms with van der Waals surface area (Å²) in [4.78, 5) is 2.06. The topological polar surface area (TPSA) is 24.5 Å². The Labute approximate surface area is 127 Å². The van der Waals surface area contributed by atoms with Gasteiger partial charge in [0, 0.05) is 27.2 Å². The maximum absolute atomic E-state index is 5.46. The molecule has 0 aliphatic rings. The molecule has 0 radical (unpaired) electrons. The quantitative estimate of drug-likeness (QED) is 0.880. The molecule has 112 valence electrons. The molecule has 2 aromatic carbocycles. The Bertz CT molecular complexity index is 576. The van der Waals surface area contributed by atoms with E-state index >= 15 is 0 Å². The number of benzene rings is 2. The van der Waals surface area contributed by atoms with Gasteiger partial charge in [0.25, 0.3) is 0 Å². The van der Waals surface area contributed by atoms with Crippen molar-refractivity contribution in [3.8, 4) is 5.75 Å². The molecule has 0 saturated heterocycles. The second-order valence-corrected chi connectivity index (χ2v) is 5.49. The molecule has 1 N–H and O–H groups in total. The first-order chi connectivity index (χ1) is 10.1. The molecule has 0 amide bonds. The van der Waals surface area contributed by atoms with E-state index in [0.29, 0.717) is 0 Å². The molecular weight excluding hydrogens is 260 g/mol. The predicted octanol–water partition coefficient (Wildman–Crippen LogP) is 3.36. The molecule has 2 rings (SSSR count). The van der Waals surface area contributed by atoms with Crippen molar-refractivity contribution in [1.29, 1.82) is 0 Å². The predicted molar refractivity (Wildman–Crippen MR) is 89.0 cm³/mol. The largest absolute Gasteiger partial charge is 0.495 e. The van der Waals surface area contributed by atoms with Crippen LogP contribution in [0.25, 0.3) is 0 Å². The van der Waals surface area contributed by atoms with Gasteiger partial charge in [0.05, 0.1) is 12.8 Å². The first kappa shape index (κ1) is 15.4. The normalized spacial score (nSPS) is 10.5. The Morgan fingerprint density at radius 1 is 0.952 bits per heavy atom. The average molecular weight is 284 g/mol. The molecular formula is C18H24N2O. The Kier molecular flexibility index (Phi) is 5.23. The second kappa shape index (κ2) is 7.14. The third-order valence-electron chi connectivity index (χ3n) is 3.50. The minimum Gasteiger partial charge on any atom is -0.495 e. The van der Waals surface area contributed by atoms with E-state index in [4.69, 9.17) is 4.74 Å². The van der Waals surface area contributed by atoms with Crippen LogP contribution in [-0.2, 0) is 13.1 Å². The molecule has 0 atom stereocenters. The summed E-state index contributed by atoms with van der Waals surface area (Å²) in [5, 5.41) is 3.47. The van der Waals surface area contributed by atoms with Crippen LogP contribution >= 0.6 is 0 Å². The number of ether oxygens (including phenoxy) is 1. The van der Waals surface area contributed by atoms with Crippen molar-refractivity contribution in [1.82, 2.24) is 5.32 Å². The average Bonchev–Trinajstić information content (AvgIpc) is 2.49. The van der Waals surface area contributed by atoms with E-state index in [2.05, 4.69) is 59.6 Å². The summed E-state index contributed by atoms with van der Waals surface area (Å²) >= 11 is 0. The van der Waals surface area contributed by atoms with Gasteiger partial charge < -0.3 is 15.0 Å². The molecule has 0 aliphatic carbocycles. The van der Waals surface area contributed by atoms with Crippen LogP contribution in [0.1, 0.15) is 16.7 Å². The van der Waals surface area contributed by atoms with Gasteiger partial charge >= 0.3 is 0 Å². The number of nitrogens with one attached hydrogen (secondary N) is 1. The first-order valence-corrected chi connectivity index (χ1v) is 7.20.